The van der Waals surface area contributed by atoms with Crippen molar-refractivity contribution in [3.8, 4) is 11.5 Å². The molecule has 1 aromatic heterocycles. The van der Waals surface area contributed by atoms with Crippen molar-refractivity contribution in [2.24, 2.45) is 5.73 Å². The normalized spacial score (nSPS) is 12.2. The number of rotatable bonds is 5. The van der Waals surface area contributed by atoms with Crippen molar-refractivity contribution in [1.82, 2.24) is 15.2 Å². The Morgan fingerprint density at radius 3 is 2.50 bits per heavy atom. The molecular formula is C12H16N4O2. The number of hydrogen-bond acceptors (Lipinski definition) is 5. The van der Waals surface area contributed by atoms with Gasteiger partial charge in [0.05, 0.1) is 13.2 Å². The monoisotopic (exact) mass is 248 g/mol. The number of aromatic nitrogens is 3. The van der Waals surface area contributed by atoms with Gasteiger partial charge in [-0.25, -0.2) is 4.98 Å². The van der Waals surface area contributed by atoms with Crippen LogP contribution in [0.5, 0.6) is 11.5 Å². The first-order valence-corrected chi connectivity index (χ1v) is 5.62. The minimum absolute atomic E-state index is 0.184. The highest BCUT2D eigenvalue weighted by molar-refractivity contribution is 5.31. The van der Waals surface area contributed by atoms with Gasteiger partial charge in [0.25, 0.3) is 0 Å². The number of benzene rings is 1. The average molecular weight is 248 g/mol. The summed E-state index contributed by atoms with van der Waals surface area (Å²) in [6.07, 6.45) is 0. The summed E-state index contributed by atoms with van der Waals surface area (Å²) in [5.74, 6) is 2.78. The third kappa shape index (κ3) is 2.98. The van der Waals surface area contributed by atoms with E-state index in [1.165, 1.54) is 0 Å². The van der Waals surface area contributed by atoms with Gasteiger partial charge < -0.3 is 15.2 Å². The van der Waals surface area contributed by atoms with Gasteiger partial charge in [0.1, 0.15) is 18.1 Å². The maximum absolute atomic E-state index is 5.67. The molecule has 0 saturated heterocycles. The van der Waals surface area contributed by atoms with Crippen LogP contribution in [0.15, 0.2) is 24.3 Å². The van der Waals surface area contributed by atoms with Crippen LogP contribution in [-0.4, -0.2) is 22.3 Å². The van der Waals surface area contributed by atoms with Gasteiger partial charge in [-0.1, -0.05) is 0 Å². The first-order valence-electron chi connectivity index (χ1n) is 5.62. The molecule has 0 fully saturated rings. The molecule has 3 N–H and O–H groups in total. The summed E-state index contributed by atoms with van der Waals surface area (Å²) in [7, 11) is 1.62. The van der Waals surface area contributed by atoms with Gasteiger partial charge in [-0.2, -0.15) is 5.10 Å². The van der Waals surface area contributed by atoms with E-state index in [0.29, 0.717) is 18.3 Å². The maximum atomic E-state index is 5.67. The van der Waals surface area contributed by atoms with Gasteiger partial charge in [-0.15, -0.1) is 0 Å². The molecule has 0 spiro atoms. The summed E-state index contributed by atoms with van der Waals surface area (Å²) >= 11 is 0. The molecule has 18 heavy (non-hydrogen) atoms. The standard InChI is InChI=1S/C12H16N4O2/c1-8(13)12-14-11(15-16-12)7-18-10-5-3-9(17-2)4-6-10/h3-6,8H,7,13H2,1-2H3,(H,14,15,16). The maximum Gasteiger partial charge on any atom is 0.167 e. The highest BCUT2D eigenvalue weighted by atomic mass is 16.5. The molecule has 6 heteroatoms. The summed E-state index contributed by atoms with van der Waals surface area (Å²) < 4.78 is 10.6. The summed E-state index contributed by atoms with van der Waals surface area (Å²) in [5, 5.41) is 6.78. The molecule has 1 aromatic carbocycles. The Kier molecular flexibility index (Phi) is 3.78. The molecule has 2 rings (SSSR count). The van der Waals surface area contributed by atoms with Crippen LogP contribution in [-0.2, 0) is 6.61 Å². The van der Waals surface area contributed by atoms with E-state index in [1.807, 2.05) is 31.2 Å². The second kappa shape index (κ2) is 5.50. The summed E-state index contributed by atoms with van der Waals surface area (Å²) in [6, 6.07) is 7.16. The molecule has 0 aliphatic rings. The van der Waals surface area contributed by atoms with Crippen molar-refractivity contribution in [2.75, 3.05) is 7.11 Å². The first kappa shape index (κ1) is 12.4. The van der Waals surface area contributed by atoms with E-state index in [-0.39, 0.29) is 6.04 Å². The van der Waals surface area contributed by atoms with Crippen LogP contribution in [0, 0.1) is 0 Å². The molecule has 0 bridgehead atoms. The van der Waals surface area contributed by atoms with Gasteiger partial charge >= 0.3 is 0 Å². The smallest absolute Gasteiger partial charge is 0.167 e. The molecule has 0 aliphatic heterocycles. The third-order valence-electron chi connectivity index (χ3n) is 2.39. The lowest BCUT2D eigenvalue weighted by atomic mass is 10.3. The van der Waals surface area contributed by atoms with Crippen LogP contribution in [0.25, 0.3) is 0 Å². The fourth-order valence-electron chi connectivity index (χ4n) is 1.40. The van der Waals surface area contributed by atoms with E-state index in [4.69, 9.17) is 15.2 Å². The average Bonchev–Trinajstić information content (AvgIpc) is 2.86. The van der Waals surface area contributed by atoms with E-state index in [1.54, 1.807) is 7.11 Å². The SMILES string of the molecule is COc1ccc(OCc2nc(C(C)N)n[nH]2)cc1. The minimum atomic E-state index is -0.184. The first-order chi connectivity index (χ1) is 8.69. The Morgan fingerprint density at radius 2 is 1.94 bits per heavy atom. The van der Waals surface area contributed by atoms with E-state index >= 15 is 0 Å². The zero-order valence-corrected chi connectivity index (χ0v) is 10.4. The minimum Gasteiger partial charge on any atom is -0.497 e. The van der Waals surface area contributed by atoms with Crippen molar-refractivity contribution in [1.29, 1.82) is 0 Å². The van der Waals surface area contributed by atoms with Crippen molar-refractivity contribution in [3.05, 3.63) is 35.9 Å². The largest absolute Gasteiger partial charge is 0.497 e. The number of methoxy groups -OCH3 is 1. The molecule has 0 saturated carbocycles. The van der Waals surface area contributed by atoms with Crippen LogP contribution in [0.1, 0.15) is 24.6 Å². The second-order valence-electron chi connectivity index (χ2n) is 3.89. The summed E-state index contributed by atoms with van der Waals surface area (Å²) in [5.41, 5.74) is 5.67. The highest BCUT2D eigenvalue weighted by Crippen LogP contribution is 2.17. The van der Waals surface area contributed by atoms with Crippen LogP contribution in [0.4, 0.5) is 0 Å². The Hall–Kier alpha value is -2.08. The molecular weight excluding hydrogens is 232 g/mol. The number of H-pyrrole nitrogens is 1. The quantitative estimate of drug-likeness (QED) is 0.835. The van der Waals surface area contributed by atoms with Gasteiger partial charge in [0.2, 0.25) is 0 Å². The third-order valence-corrected chi connectivity index (χ3v) is 2.39. The summed E-state index contributed by atoms with van der Waals surface area (Å²) in [6.45, 7) is 2.16. The lowest BCUT2D eigenvalue weighted by Crippen LogP contribution is -2.07. The van der Waals surface area contributed by atoms with Crippen molar-refractivity contribution in [2.45, 2.75) is 19.6 Å². The zero-order chi connectivity index (χ0) is 13.0. The number of nitrogens with one attached hydrogen (secondary N) is 1. The summed E-state index contributed by atoms with van der Waals surface area (Å²) in [4.78, 5) is 4.22. The van der Waals surface area contributed by atoms with Gasteiger partial charge in [-0.3, -0.25) is 5.10 Å². The lowest BCUT2D eigenvalue weighted by Gasteiger charge is -2.04. The molecule has 1 unspecified atom stereocenters. The van der Waals surface area contributed by atoms with Crippen LogP contribution < -0.4 is 15.2 Å². The van der Waals surface area contributed by atoms with Crippen LogP contribution in [0.2, 0.25) is 0 Å². The fourth-order valence-corrected chi connectivity index (χ4v) is 1.40. The Bertz CT molecular complexity index is 493. The molecule has 1 atom stereocenters. The topological polar surface area (TPSA) is 86.1 Å². The number of nitrogens with zero attached hydrogens (tertiary/aromatic N) is 2. The van der Waals surface area contributed by atoms with Gasteiger partial charge in [0.15, 0.2) is 11.6 Å². The Morgan fingerprint density at radius 1 is 1.28 bits per heavy atom. The molecule has 2 aromatic rings. The van der Waals surface area contributed by atoms with E-state index in [9.17, 15) is 0 Å². The molecule has 0 radical (unpaired) electrons. The van der Waals surface area contributed by atoms with Crippen LogP contribution >= 0.6 is 0 Å². The number of hydrogen-bond donors (Lipinski definition) is 2. The number of ether oxygens (including phenoxy) is 2. The molecule has 0 aliphatic carbocycles. The predicted octanol–water partition coefficient (Wildman–Crippen LogP) is 1.41. The Balaban J connectivity index is 1.93. The van der Waals surface area contributed by atoms with E-state index < -0.39 is 0 Å². The predicted molar refractivity (Wildman–Crippen MR) is 66.3 cm³/mol. The van der Waals surface area contributed by atoms with Crippen LogP contribution in [0.3, 0.4) is 0 Å². The lowest BCUT2D eigenvalue weighted by molar-refractivity contribution is 0.295. The molecule has 96 valence electrons. The van der Waals surface area contributed by atoms with E-state index in [0.717, 1.165) is 11.5 Å². The zero-order valence-electron chi connectivity index (χ0n) is 10.4. The highest BCUT2D eigenvalue weighted by Gasteiger charge is 2.07. The van der Waals surface area contributed by atoms with Crippen molar-refractivity contribution >= 4 is 0 Å². The molecule has 0 amide bonds. The Labute approximate surface area is 105 Å². The molecule has 1 heterocycles. The van der Waals surface area contributed by atoms with Gasteiger partial charge in [0, 0.05) is 0 Å². The van der Waals surface area contributed by atoms with Crippen molar-refractivity contribution in [3.63, 3.8) is 0 Å². The fraction of sp³-hybridized carbons (Fsp3) is 0.333. The van der Waals surface area contributed by atoms with Crippen molar-refractivity contribution < 1.29 is 9.47 Å². The molecule has 6 nitrogen and oxygen atoms in total. The second-order valence-corrected chi connectivity index (χ2v) is 3.89. The number of nitrogens with two attached hydrogens (primary N) is 1. The van der Waals surface area contributed by atoms with Gasteiger partial charge in [-0.05, 0) is 31.2 Å². The number of aromatic amines is 1. The van der Waals surface area contributed by atoms with E-state index in [2.05, 4.69) is 15.2 Å².